The monoisotopic (exact) mass is 311 g/mol. The van der Waals surface area contributed by atoms with Crippen molar-refractivity contribution in [2.75, 3.05) is 4.72 Å². The van der Waals surface area contributed by atoms with Gasteiger partial charge < -0.3 is 0 Å². The smallest absolute Gasteiger partial charge is 0.261 e. The summed E-state index contributed by atoms with van der Waals surface area (Å²) in [5.74, 6) is 0. The lowest BCUT2D eigenvalue weighted by molar-refractivity contribution is 0.601. The van der Waals surface area contributed by atoms with Gasteiger partial charge in [0, 0.05) is 5.69 Å². The van der Waals surface area contributed by atoms with Crippen molar-refractivity contribution in [2.45, 2.75) is 4.90 Å². The van der Waals surface area contributed by atoms with Crippen LogP contribution in [-0.2, 0) is 10.0 Å². The van der Waals surface area contributed by atoms with Crippen LogP contribution in [0, 0.1) is 0 Å². The normalized spacial score (nSPS) is 10.2. The third-order valence-electron chi connectivity index (χ3n) is 2.75. The van der Waals surface area contributed by atoms with Gasteiger partial charge in [-0.1, -0.05) is 72.8 Å². The fourth-order valence-corrected chi connectivity index (χ4v) is 2.78. The van der Waals surface area contributed by atoms with Gasteiger partial charge in [0.2, 0.25) is 0 Å². The highest BCUT2D eigenvalue weighted by atomic mass is 32.2. The molecule has 1 N–H and O–H groups in total. The summed E-state index contributed by atoms with van der Waals surface area (Å²) in [7, 11) is -3.46. The Balaban J connectivity index is 0.000000246. The van der Waals surface area contributed by atoms with Crippen LogP contribution in [0.15, 0.2) is 102 Å². The first-order valence-corrected chi connectivity index (χ1v) is 8.30. The van der Waals surface area contributed by atoms with E-state index in [4.69, 9.17) is 0 Å². The Labute approximate surface area is 131 Å². The predicted octanol–water partition coefficient (Wildman–Crippen LogP) is 4.17. The lowest BCUT2D eigenvalue weighted by Gasteiger charge is -2.07. The molecule has 0 fully saturated rings. The zero-order valence-corrected chi connectivity index (χ0v) is 12.8. The van der Waals surface area contributed by atoms with Crippen molar-refractivity contribution in [2.24, 2.45) is 0 Å². The molecular formula is C18H17NO2S. The summed E-state index contributed by atoms with van der Waals surface area (Å²) in [5, 5.41) is 0. The minimum absolute atomic E-state index is 0.263. The summed E-state index contributed by atoms with van der Waals surface area (Å²) in [6, 6.07) is 29.1. The molecule has 3 rings (SSSR count). The van der Waals surface area contributed by atoms with Gasteiger partial charge in [0.25, 0.3) is 10.0 Å². The van der Waals surface area contributed by atoms with Gasteiger partial charge >= 0.3 is 0 Å². The van der Waals surface area contributed by atoms with E-state index in [1.165, 1.54) is 0 Å². The Bertz CT molecular complexity index is 731. The molecule has 0 bridgehead atoms. The highest BCUT2D eigenvalue weighted by molar-refractivity contribution is 7.92. The maximum absolute atomic E-state index is 11.9. The van der Waals surface area contributed by atoms with Gasteiger partial charge in [-0.15, -0.1) is 0 Å². The molecule has 3 aromatic rings. The van der Waals surface area contributed by atoms with E-state index in [1.54, 1.807) is 54.6 Å². The van der Waals surface area contributed by atoms with Crippen LogP contribution in [0.4, 0.5) is 5.69 Å². The summed E-state index contributed by atoms with van der Waals surface area (Å²) in [6.45, 7) is 0. The second kappa shape index (κ2) is 8.00. The average molecular weight is 311 g/mol. The summed E-state index contributed by atoms with van der Waals surface area (Å²) >= 11 is 0. The lowest BCUT2D eigenvalue weighted by atomic mass is 10.3. The van der Waals surface area contributed by atoms with E-state index < -0.39 is 10.0 Å². The molecule has 22 heavy (non-hydrogen) atoms. The summed E-state index contributed by atoms with van der Waals surface area (Å²) < 4.78 is 26.3. The zero-order chi connectivity index (χ0) is 15.7. The zero-order valence-electron chi connectivity index (χ0n) is 12.0. The Hall–Kier alpha value is -2.59. The highest BCUT2D eigenvalue weighted by Gasteiger charge is 2.12. The number of hydrogen-bond acceptors (Lipinski definition) is 2. The van der Waals surface area contributed by atoms with Gasteiger partial charge in [-0.2, -0.15) is 0 Å². The number of hydrogen-bond donors (Lipinski definition) is 1. The van der Waals surface area contributed by atoms with E-state index in [1.807, 2.05) is 42.5 Å². The standard InChI is InChI=1S/C12H11NO2S.C6H6/c14-16(15,12-9-5-2-6-10-12)13-11-7-3-1-4-8-11;1-2-4-6-5-3-1/h1-10,13H;1-6H. The van der Waals surface area contributed by atoms with Gasteiger partial charge in [-0.3, -0.25) is 4.72 Å². The van der Waals surface area contributed by atoms with Crippen molar-refractivity contribution >= 4 is 15.7 Å². The van der Waals surface area contributed by atoms with Crippen molar-refractivity contribution in [1.82, 2.24) is 0 Å². The van der Waals surface area contributed by atoms with Crippen molar-refractivity contribution in [1.29, 1.82) is 0 Å². The van der Waals surface area contributed by atoms with Crippen molar-refractivity contribution in [3.05, 3.63) is 97.1 Å². The Morgan fingerprint density at radius 2 is 0.909 bits per heavy atom. The van der Waals surface area contributed by atoms with Crippen molar-refractivity contribution < 1.29 is 8.42 Å². The van der Waals surface area contributed by atoms with Crippen LogP contribution in [0.25, 0.3) is 0 Å². The number of rotatable bonds is 3. The summed E-state index contributed by atoms with van der Waals surface area (Å²) in [6.07, 6.45) is 0. The molecule has 3 aromatic carbocycles. The quantitative estimate of drug-likeness (QED) is 0.789. The molecule has 0 saturated carbocycles. The Morgan fingerprint density at radius 1 is 0.545 bits per heavy atom. The number of para-hydroxylation sites is 1. The van der Waals surface area contributed by atoms with E-state index in [0.29, 0.717) is 5.69 Å². The second-order valence-corrected chi connectivity index (χ2v) is 6.12. The minimum atomic E-state index is -3.46. The first-order valence-electron chi connectivity index (χ1n) is 6.81. The van der Waals surface area contributed by atoms with Gasteiger partial charge in [0.15, 0.2) is 0 Å². The van der Waals surface area contributed by atoms with Gasteiger partial charge in [-0.05, 0) is 24.3 Å². The van der Waals surface area contributed by atoms with Crippen LogP contribution in [0.3, 0.4) is 0 Å². The average Bonchev–Trinajstić information content (AvgIpc) is 2.58. The number of nitrogens with one attached hydrogen (secondary N) is 1. The number of anilines is 1. The fraction of sp³-hybridized carbons (Fsp3) is 0. The van der Waals surface area contributed by atoms with E-state index in [-0.39, 0.29) is 4.90 Å². The first kappa shape index (κ1) is 15.8. The van der Waals surface area contributed by atoms with Crippen LogP contribution in [0.2, 0.25) is 0 Å². The molecule has 0 radical (unpaired) electrons. The Morgan fingerprint density at radius 3 is 1.36 bits per heavy atom. The van der Waals surface area contributed by atoms with E-state index in [0.717, 1.165) is 0 Å². The molecule has 0 unspecified atom stereocenters. The van der Waals surface area contributed by atoms with Gasteiger partial charge in [0.1, 0.15) is 0 Å². The summed E-state index contributed by atoms with van der Waals surface area (Å²) in [5.41, 5.74) is 0.561. The largest absolute Gasteiger partial charge is 0.280 e. The maximum Gasteiger partial charge on any atom is 0.261 e. The fourth-order valence-electron chi connectivity index (χ4n) is 1.70. The molecule has 0 aliphatic rings. The molecule has 0 aliphatic heterocycles. The van der Waals surface area contributed by atoms with Crippen LogP contribution in [-0.4, -0.2) is 8.42 Å². The molecule has 4 heteroatoms. The maximum atomic E-state index is 11.9. The molecule has 112 valence electrons. The minimum Gasteiger partial charge on any atom is -0.280 e. The molecular weight excluding hydrogens is 294 g/mol. The number of sulfonamides is 1. The molecule has 0 aliphatic carbocycles. The molecule has 0 saturated heterocycles. The molecule has 0 atom stereocenters. The topological polar surface area (TPSA) is 46.2 Å². The lowest BCUT2D eigenvalue weighted by Crippen LogP contribution is -2.12. The molecule has 0 amide bonds. The Kier molecular flexibility index (Phi) is 5.74. The van der Waals surface area contributed by atoms with Gasteiger partial charge in [-0.25, -0.2) is 8.42 Å². The number of benzene rings is 3. The first-order chi connectivity index (χ1) is 10.7. The third-order valence-corrected chi connectivity index (χ3v) is 4.14. The van der Waals surface area contributed by atoms with Crippen LogP contribution in [0.5, 0.6) is 0 Å². The molecule has 0 heterocycles. The molecule has 0 aromatic heterocycles. The third kappa shape index (κ3) is 5.07. The van der Waals surface area contributed by atoms with E-state index in [2.05, 4.69) is 4.72 Å². The van der Waals surface area contributed by atoms with Crippen molar-refractivity contribution in [3.8, 4) is 0 Å². The van der Waals surface area contributed by atoms with Crippen LogP contribution in [0.1, 0.15) is 0 Å². The second-order valence-electron chi connectivity index (χ2n) is 4.44. The van der Waals surface area contributed by atoms with Crippen LogP contribution < -0.4 is 4.72 Å². The SMILES string of the molecule is O=S(=O)(Nc1ccccc1)c1ccccc1.c1ccccc1. The van der Waals surface area contributed by atoms with Crippen LogP contribution >= 0.6 is 0 Å². The summed E-state index contributed by atoms with van der Waals surface area (Å²) in [4.78, 5) is 0.263. The van der Waals surface area contributed by atoms with Gasteiger partial charge in [0.05, 0.1) is 4.90 Å². The van der Waals surface area contributed by atoms with Crippen molar-refractivity contribution in [3.63, 3.8) is 0 Å². The molecule has 0 spiro atoms. The molecule has 3 nitrogen and oxygen atoms in total. The van der Waals surface area contributed by atoms with E-state index >= 15 is 0 Å². The predicted molar refractivity (Wildman–Crippen MR) is 90.1 cm³/mol. The highest BCUT2D eigenvalue weighted by Crippen LogP contribution is 2.14. The van der Waals surface area contributed by atoms with E-state index in [9.17, 15) is 8.42 Å².